The highest BCUT2D eigenvalue weighted by Gasteiger charge is 2.31. The first kappa shape index (κ1) is 17.1. The highest BCUT2D eigenvalue weighted by atomic mass is 35.5. The first-order valence-corrected chi connectivity index (χ1v) is 7.42. The smallest absolute Gasteiger partial charge is 0.437 e. The lowest BCUT2D eigenvalue weighted by Crippen LogP contribution is -2.17. The van der Waals surface area contributed by atoms with E-state index in [9.17, 15) is 13.2 Å². The van der Waals surface area contributed by atoms with Crippen molar-refractivity contribution in [3.63, 3.8) is 0 Å². The third-order valence-electron chi connectivity index (χ3n) is 3.01. The molecular weight excluding hydrogens is 359 g/mol. The SMILES string of the molecule is FC(F)(F)Oc1cccc(Oc2ncc(NC3=CC=NC3)cc2Cl)c1. The Morgan fingerprint density at radius 2 is 1.96 bits per heavy atom. The van der Waals surface area contributed by atoms with Crippen LogP contribution in [0.2, 0.25) is 5.02 Å². The minimum atomic E-state index is -4.78. The van der Waals surface area contributed by atoms with Gasteiger partial charge in [-0.3, -0.25) is 4.99 Å². The summed E-state index contributed by atoms with van der Waals surface area (Å²) in [5.41, 5.74) is 1.53. The Balaban J connectivity index is 1.71. The summed E-state index contributed by atoms with van der Waals surface area (Å²) in [6.45, 7) is 0.544. The molecule has 0 saturated heterocycles. The van der Waals surface area contributed by atoms with Gasteiger partial charge in [0.2, 0.25) is 5.88 Å². The van der Waals surface area contributed by atoms with Crippen LogP contribution < -0.4 is 14.8 Å². The number of aromatic nitrogens is 1. The molecule has 130 valence electrons. The molecular formula is C16H11ClF3N3O2. The van der Waals surface area contributed by atoms with Gasteiger partial charge < -0.3 is 14.8 Å². The number of aliphatic imine (C=N–C) groups is 1. The van der Waals surface area contributed by atoms with Crippen LogP contribution >= 0.6 is 11.6 Å². The molecule has 0 unspecified atom stereocenters. The second-order valence-electron chi connectivity index (χ2n) is 4.94. The first-order valence-electron chi connectivity index (χ1n) is 7.04. The monoisotopic (exact) mass is 369 g/mol. The molecule has 1 aromatic carbocycles. The summed E-state index contributed by atoms with van der Waals surface area (Å²) in [7, 11) is 0. The summed E-state index contributed by atoms with van der Waals surface area (Å²) in [5.74, 6) is -0.218. The van der Waals surface area contributed by atoms with Crippen LogP contribution in [-0.2, 0) is 0 Å². The maximum absolute atomic E-state index is 12.3. The Morgan fingerprint density at radius 3 is 2.64 bits per heavy atom. The number of allylic oxidation sites excluding steroid dienone is 1. The van der Waals surface area contributed by atoms with E-state index in [1.54, 1.807) is 12.3 Å². The van der Waals surface area contributed by atoms with Crippen molar-refractivity contribution in [2.45, 2.75) is 6.36 Å². The predicted octanol–water partition coefficient (Wildman–Crippen LogP) is 4.81. The van der Waals surface area contributed by atoms with Gasteiger partial charge in [-0.15, -0.1) is 13.2 Å². The zero-order valence-corrected chi connectivity index (χ0v) is 13.3. The number of pyridine rings is 1. The molecule has 2 aromatic rings. The normalized spacial score (nSPS) is 13.5. The lowest BCUT2D eigenvalue weighted by Gasteiger charge is -2.12. The number of rotatable bonds is 5. The lowest BCUT2D eigenvalue weighted by atomic mass is 10.3. The largest absolute Gasteiger partial charge is 0.573 e. The average Bonchev–Trinajstić information content (AvgIpc) is 3.02. The highest BCUT2D eigenvalue weighted by molar-refractivity contribution is 6.32. The highest BCUT2D eigenvalue weighted by Crippen LogP contribution is 2.32. The molecule has 0 saturated carbocycles. The Kier molecular flexibility index (Phi) is 4.80. The van der Waals surface area contributed by atoms with E-state index in [0.717, 1.165) is 11.8 Å². The molecule has 9 heteroatoms. The van der Waals surface area contributed by atoms with E-state index in [1.807, 2.05) is 6.08 Å². The third kappa shape index (κ3) is 4.87. The molecule has 0 fully saturated rings. The molecule has 0 radical (unpaired) electrons. The maximum atomic E-state index is 12.3. The molecule has 5 nitrogen and oxygen atoms in total. The van der Waals surface area contributed by atoms with Gasteiger partial charge in [-0.2, -0.15) is 0 Å². The van der Waals surface area contributed by atoms with Crippen LogP contribution in [0.5, 0.6) is 17.4 Å². The van der Waals surface area contributed by atoms with Crippen molar-refractivity contribution >= 4 is 23.5 Å². The van der Waals surface area contributed by atoms with Gasteiger partial charge in [-0.1, -0.05) is 17.7 Å². The molecule has 1 aromatic heterocycles. The Bertz CT molecular complexity index is 838. The molecule has 0 atom stereocenters. The molecule has 1 aliphatic rings. The zero-order chi connectivity index (χ0) is 17.9. The number of anilines is 1. The van der Waals surface area contributed by atoms with Gasteiger partial charge in [0.25, 0.3) is 0 Å². The second kappa shape index (κ2) is 7.02. The summed E-state index contributed by atoms with van der Waals surface area (Å²) in [5, 5.41) is 3.30. The van der Waals surface area contributed by atoms with Gasteiger partial charge >= 0.3 is 6.36 Å². The van der Waals surface area contributed by atoms with Crippen molar-refractivity contribution < 1.29 is 22.6 Å². The quantitative estimate of drug-likeness (QED) is 0.822. The number of benzene rings is 1. The van der Waals surface area contributed by atoms with Crippen LogP contribution in [0.4, 0.5) is 18.9 Å². The van der Waals surface area contributed by atoms with E-state index >= 15 is 0 Å². The van der Waals surface area contributed by atoms with E-state index in [0.29, 0.717) is 12.2 Å². The lowest BCUT2D eigenvalue weighted by molar-refractivity contribution is -0.274. The van der Waals surface area contributed by atoms with Crippen molar-refractivity contribution in [2.24, 2.45) is 4.99 Å². The predicted molar refractivity (Wildman–Crippen MR) is 87.5 cm³/mol. The van der Waals surface area contributed by atoms with Crippen LogP contribution in [0, 0.1) is 0 Å². The number of hydrogen-bond donors (Lipinski definition) is 1. The van der Waals surface area contributed by atoms with E-state index in [1.165, 1.54) is 24.4 Å². The minimum absolute atomic E-state index is 0.0630. The van der Waals surface area contributed by atoms with Crippen LogP contribution in [-0.4, -0.2) is 24.1 Å². The molecule has 0 amide bonds. The summed E-state index contributed by atoms with van der Waals surface area (Å²) < 4.78 is 46.1. The number of alkyl halides is 3. The standard InChI is InChI=1S/C16H11ClF3N3O2/c17-14-6-11(23-10-4-5-21-8-10)9-22-15(14)24-12-2-1-3-13(7-12)25-16(18,19)20/h1-7,9,23H,8H2. The van der Waals surface area contributed by atoms with Crippen molar-refractivity contribution in [3.8, 4) is 17.4 Å². The van der Waals surface area contributed by atoms with E-state index in [2.05, 4.69) is 20.0 Å². The van der Waals surface area contributed by atoms with Gasteiger partial charge in [0.05, 0.1) is 18.4 Å². The van der Waals surface area contributed by atoms with Crippen molar-refractivity contribution in [2.75, 3.05) is 11.9 Å². The Hall–Kier alpha value is -2.74. The van der Waals surface area contributed by atoms with Gasteiger partial charge in [0.1, 0.15) is 16.5 Å². The van der Waals surface area contributed by atoms with Crippen molar-refractivity contribution in [1.29, 1.82) is 0 Å². The molecule has 25 heavy (non-hydrogen) atoms. The van der Waals surface area contributed by atoms with Crippen LogP contribution in [0.25, 0.3) is 0 Å². The second-order valence-corrected chi connectivity index (χ2v) is 5.35. The molecule has 0 bridgehead atoms. The summed E-state index contributed by atoms with van der Waals surface area (Å²) in [6.07, 6.45) is 0.228. The summed E-state index contributed by atoms with van der Waals surface area (Å²) >= 11 is 6.12. The van der Waals surface area contributed by atoms with Crippen LogP contribution in [0.3, 0.4) is 0 Å². The van der Waals surface area contributed by atoms with E-state index in [-0.39, 0.29) is 16.7 Å². The van der Waals surface area contributed by atoms with Crippen LogP contribution in [0.15, 0.2) is 53.3 Å². The molecule has 1 N–H and O–H groups in total. The summed E-state index contributed by atoms with van der Waals surface area (Å²) in [4.78, 5) is 8.11. The molecule has 1 aliphatic heterocycles. The topological polar surface area (TPSA) is 55.7 Å². The third-order valence-corrected chi connectivity index (χ3v) is 3.28. The number of nitrogens with one attached hydrogen (secondary N) is 1. The van der Waals surface area contributed by atoms with Crippen molar-refractivity contribution in [3.05, 3.63) is 53.3 Å². The zero-order valence-electron chi connectivity index (χ0n) is 12.5. The first-order chi connectivity index (χ1) is 11.9. The fraction of sp³-hybridized carbons (Fsp3) is 0.125. The van der Waals surface area contributed by atoms with E-state index in [4.69, 9.17) is 16.3 Å². The van der Waals surface area contributed by atoms with E-state index < -0.39 is 12.1 Å². The van der Waals surface area contributed by atoms with Gasteiger partial charge in [-0.05, 0) is 24.3 Å². The number of halogens is 4. The molecule has 0 aliphatic carbocycles. The van der Waals surface area contributed by atoms with Gasteiger partial charge in [0.15, 0.2) is 0 Å². The number of hydrogen-bond acceptors (Lipinski definition) is 5. The summed E-state index contributed by atoms with van der Waals surface area (Å²) in [6, 6.07) is 6.69. The Morgan fingerprint density at radius 1 is 1.16 bits per heavy atom. The van der Waals surface area contributed by atoms with Crippen LogP contribution in [0.1, 0.15) is 0 Å². The molecule has 2 heterocycles. The Labute approximate surface area is 145 Å². The fourth-order valence-electron chi connectivity index (χ4n) is 2.03. The van der Waals surface area contributed by atoms with Crippen molar-refractivity contribution in [1.82, 2.24) is 4.98 Å². The molecule has 3 rings (SSSR count). The number of ether oxygens (including phenoxy) is 2. The molecule has 0 spiro atoms. The van der Waals surface area contributed by atoms with Gasteiger partial charge in [0, 0.05) is 18.0 Å². The average molecular weight is 370 g/mol. The maximum Gasteiger partial charge on any atom is 0.573 e. The minimum Gasteiger partial charge on any atom is -0.437 e. The fourth-order valence-corrected chi connectivity index (χ4v) is 2.23. The number of nitrogens with zero attached hydrogens (tertiary/aromatic N) is 2. The van der Waals surface area contributed by atoms with Gasteiger partial charge in [-0.25, -0.2) is 4.98 Å².